The van der Waals surface area contributed by atoms with E-state index in [-0.39, 0.29) is 0 Å². The zero-order valence-corrected chi connectivity index (χ0v) is 8.94. The predicted molar refractivity (Wildman–Crippen MR) is 57.3 cm³/mol. The molecule has 0 aliphatic carbocycles. The van der Waals surface area contributed by atoms with E-state index in [1.807, 2.05) is 0 Å². The third-order valence-electron chi connectivity index (χ3n) is 2.85. The molecule has 1 N–H and O–H groups in total. The summed E-state index contributed by atoms with van der Waals surface area (Å²) in [5.41, 5.74) is 0. The molecule has 76 valence electrons. The first kappa shape index (κ1) is 9.81. The Bertz CT molecular complexity index is 126. The van der Waals surface area contributed by atoms with Crippen molar-refractivity contribution < 1.29 is 4.74 Å². The van der Waals surface area contributed by atoms with Gasteiger partial charge in [0.1, 0.15) is 0 Å². The molecule has 3 heteroatoms. The molecule has 2 atom stereocenters. The van der Waals surface area contributed by atoms with Crippen LogP contribution in [-0.4, -0.2) is 36.8 Å². The van der Waals surface area contributed by atoms with Crippen molar-refractivity contribution in [1.82, 2.24) is 5.32 Å². The minimum Gasteiger partial charge on any atom is -0.378 e. The van der Waals surface area contributed by atoms with E-state index in [0.29, 0.717) is 6.10 Å². The molecule has 0 aromatic carbocycles. The third kappa shape index (κ3) is 3.15. The SMILES string of the molecule is C1COC(CCNC2CCSC2)C1. The van der Waals surface area contributed by atoms with Gasteiger partial charge in [0, 0.05) is 18.4 Å². The van der Waals surface area contributed by atoms with Crippen LogP contribution in [0.3, 0.4) is 0 Å². The van der Waals surface area contributed by atoms with E-state index in [0.717, 1.165) is 19.2 Å². The van der Waals surface area contributed by atoms with Crippen LogP contribution in [0.5, 0.6) is 0 Å². The molecule has 0 amide bonds. The van der Waals surface area contributed by atoms with Crippen LogP contribution in [0.15, 0.2) is 0 Å². The Morgan fingerprint density at radius 1 is 1.38 bits per heavy atom. The molecule has 0 aromatic heterocycles. The zero-order valence-electron chi connectivity index (χ0n) is 8.13. The van der Waals surface area contributed by atoms with Gasteiger partial charge >= 0.3 is 0 Å². The zero-order chi connectivity index (χ0) is 8.93. The number of hydrogen-bond acceptors (Lipinski definition) is 3. The highest BCUT2D eigenvalue weighted by Crippen LogP contribution is 2.18. The summed E-state index contributed by atoms with van der Waals surface area (Å²) in [6.07, 6.45) is 5.67. The average Bonchev–Trinajstić information content (AvgIpc) is 2.75. The van der Waals surface area contributed by atoms with E-state index >= 15 is 0 Å². The van der Waals surface area contributed by atoms with Crippen molar-refractivity contribution in [3.8, 4) is 0 Å². The molecule has 0 aromatic rings. The molecule has 2 fully saturated rings. The summed E-state index contributed by atoms with van der Waals surface area (Å²) in [7, 11) is 0. The van der Waals surface area contributed by atoms with Gasteiger partial charge in [-0.25, -0.2) is 0 Å². The van der Waals surface area contributed by atoms with E-state index in [2.05, 4.69) is 17.1 Å². The van der Waals surface area contributed by atoms with Crippen molar-refractivity contribution in [3.05, 3.63) is 0 Å². The molecule has 2 heterocycles. The number of hydrogen-bond donors (Lipinski definition) is 1. The standard InChI is InChI=1S/C10H19NOS/c1-2-10(12-6-1)3-5-11-9-4-7-13-8-9/h9-11H,1-8H2. The van der Waals surface area contributed by atoms with Gasteiger partial charge in [-0.15, -0.1) is 0 Å². The Morgan fingerprint density at radius 2 is 2.38 bits per heavy atom. The highest BCUT2D eigenvalue weighted by Gasteiger charge is 2.17. The monoisotopic (exact) mass is 201 g/mol. The minimum absolute atomic E-state index is 0.557. The van der Waals surface area contributed by atoms with Crippen molar-refractivity contribution >= 4 is 11.8 Å². The van der Waals surface area contributed by atoms with Gasteiger partial charge in [-0.05, 0) is 38.0 Å². The second kappa shape index (κ2) is 5.23. The van der Waals surface area contributed by atoms with Gasteiger partial charge < -0.3 is 10.1 Å². The van der Waals surface area contributed by atoms with Crippen LogP contribution in [-0.2, 0) is 4.74 Å². The lowest BCUT2D eigenvalue weighted by molar-refractivity contribution is 0.104. The van der Waals surface area contributed by atoms with Crippen molar-refractivity contribution in [2.75, 3.05) is 24.7 Å². The van der Waals surface area contributed by atoms with Gasteiger partial charge in [0.15, 0.2) is 0 Å². The maximum atomic E-state index is 5.57. The highest BCUT2D eigenvalue weighted by molar-refractivity contribution is 7.99. The summed E-state index contributed by atoms with van der Waals surface area (Å²) in [6, 6.07) is 0.784. The molecule has 2 saturated heterocycles. The average molecular weight is 201 g/mol. The maximum absolute atomic E-state index is 5.57. The smallest absolute Gasteiger partial charge is 0.0588 e. The van der Waals surface area contributed by atoms with E-state index < -0.39 is 0 Å². The Kier molecular flexibility index (Phi) is 3.94. The molecular weight excluding hydrogens is 182 g/mol. The second-order valence-corrected chi connectivity index (χ2v) is 5.09. The molecule has 2 aliphatic heterocycles. The molecule has 2 rings (SSSR count). The summed E-state index contributed by atoms with van der Waals surface area (Å²) in [5.74, 6) is 2.66. The lowest BCUT2D eigenvalue weighted by Crippen LogP contribution is -2.31. The summed E-state index contributed by atoms with van der Waals surface area (Å²) >= 11 is 2.07. The number of rotatable bonds is 4. The Balaban J connectivity index is 1.52. The predicted octanol–water partition coefficient (Wildman–Crippen LogP) is 1.65. The van der Waals surface area contributed by atoms with Gasteiger partial charge in [-0.2, -0.15) is 11.8 Å². The summed E-state index contributed by atoms with van der Waals surface area (Å²) in [4.78, 5) is 0. The number of nitrogens with one attached hydrogen (secondary N) is 1. The Hall–Kier alpha value is 0.270. The normalized spacial score (nSPS) is 34.2. The topological polar surface area (TPSA) is 21.3 Å². The third-order valence-corrected chi connectivity index (χ3v) is 4.02. The van der Waals surface area contributed by atoms with E-state index in [9.17, 15) is 0 Å². The lowest BCUT2D eigenvalue weighted by atomic mass is 10.2. The molecule has 0 radical (unpaired) electrons. The minimum atomic E-state index is 0.557. The van der Waals surface area contributed by atoms with Gasteiger partial charge in [0.2, 0.25) is 0 Å². The fourth-order valence-corrected chi connectivity index (χ4v) is 3.20. The van der Waals surface area contributed by atoms with E-state index in [1.54, 1.807) is 0 Å². The molecule has 2 unspecified atom stereocenters. The van der Waals surface area contributed by atoms with Crippen LogP contribution < -0.4 is 5.32 Å². The summed E-state index contributed by atoms with van der Waals surface area (Å²) in [6.45, 7) is 2.14. The molecule has 0 bridgehead atoms. The molecule has 2 aliphatic rings. The van der Waals surface area contributed by atoms with Crippen molar-refractivity contribution in [3.63, 3.8) is 0 Å². The van der Waals surface area contributed by atoms with Crippen LogP contribution in [0, 0.1) is 0 Å². The van der Waals surface area contributed by atoms with Gasteiger partial charge in [-0.1, -0.05) is 0 Å². The van der Waals surface area contributed by atoms with Crippen molar-refractivity contribution in [2.24, 2.45) is 0 Å². The first-order chi connectivity index (χ1) is 6.45. The summed E-state index contributed by atoms with van der Waals surface area (Å²) < 4.78 is 5.57. The molecule has 0 saturated carbocycles. The first-order valence-electron chi connectivity index (χ1n) is 5.38. The van der Waals surface area contributed by atoms with Crippen molar-refractivity contribution in [1.29, 1.82) is 0 Å². The van der Waals surface area contributed by atoms with Crippen LogP contribution in [0.25, 0.3) is 0 Å². The Labute approximate surface area is 84.8 Å². The number of ether oxygens (including phenoxy) is 1. The van der Waals surface area contributed by atoms with Crippen LogP contribution in [0.2, 0.25) is 0 Å². The second-order valence-electron chi connectivity index (χ2n) is 3.94. The van der Waals surface area contributed by atoms with Gasteiger partial charge in [-0.3, -0.25) is 0 Å². The maximum Gasteiger partial charge on any atom is 0.0588 e. The molecule has 2 nitrogen and oxygen atoms in total. The number of thioether (sulfide) groups is 1. The van der Waals surface area contributed by atoms with Crippen molar-refractivity contribution in [2.45, 2.75) is 37.8 Å². The first-order valence-corrected chi connectivity index (χ1v) is 6.53. The van der Waals surface area contributed by atoms with Gasteiger partial charge in [0.05, 0.1) is 6.10 Å². The fourth-order valence-electron chi connectivity index (χ4n) is 2.02. The quantitative estimate of drug-likeness (QED) is 0.747. The van der Waals surface area contributed by atoms with Crippen LogP contribution >= 0.6 is 11.8 Å². The summed E-state index contributed by atoms with van der Waals surface area (Å²) in [5, 5.41) is 3.61. The fraction of sp³-hybridized carbons (Fsp3) is 1.00. The molecule has 0 spiro atoms. The largest absolute Gasteiger partial charge is 0.378 e. The lowest BCUT2D eigenvalue weighted by Gasteiger charge is -2.13. The molecule has 13 heavy (non-hydrogen) atoms. The highest BCUT2D eigenvalue weighted by atomic mass is 32.2. The van der Waals surface area contributed by atoms with E-state index in [1.165, 1.54) is 37.2 Å². The molecular formula is C10H19NOS. The van der Waals surface area contributed by atoms with Crippen LogP contribution in [0.4, 0.5) is 0 Å². The van der Waals surface area contributed by atoms with E-state index in [4.69, 9.17) is 4.74 Å². The van der Waals surface area contributed by atoms with Crippen LogP contribution in [0.1, 0.15) is 25.7 Å². The van der Waals surface area contributed by atoms with Gasteiger partial charge in [0.25, 0.3) is 0 Å². The Morgan fingerprint density at radius 3 is 3.08 bits per heavy atom.